The largest absolute Gasteiger partial charge is 0.363 e. The van der Waals surface area contributed by atoms with E-state index >= 15 is 0 Å². The van der Waals surface area contributed by atoms with Gasteiger partial charge in [-0.05, 0) is 25.0 Å². The summed E-state index contributed by atoms with van der Waals surface area (Å²) in [6.07, 6.45) is 1.05. The van der Waals surface area contributed by atoms with Crippen molar-refractivity contribution < 1.29 is 23.6 Å². The van der Waals surface area contributed by atoms with Crippen LogP contribution in [0.3, 0.4) is 0 Å². The number of piperazine rings is 1. The highest BCUT2D eigenvalue weighted by molar-refractivity contribution is 6.23. The Morgan fingerprint density at radius 3 is 2.44 bits per heavy atom. The number of nitrogens with one attached hydrogen (secondary N) is 2. The van der Waals surface area contributed by atoms with E-state index in [0.717, 1.165) is 23.9 Å². The number of amides is 4. The zero-order chi connectivity index (χ0) is 18.9. The number of nitrogens with zero attached hydrogens (tertiary/aromatic N) is 2. The van der Waals surface area contributed by atoms with Gasteiger partial charge in [0.1, 0.15) is 11.9 Å². The zero-order valence-electron chi connectivity index (χ0n) is 14.3. The highest BCUT2D eigenvalue weighted by atomic mass is 19.1. The Morgan fingerprint density at radius 2 is 1.81 bits per heavy atom. The molecule has 4 aliphatic heterocycles. The van der Waals surface area contributed by atoms with Crippen LogP contribution < -0.4 is 15.5 Å². The molecule has 9 heteroatoms. The van der Waals surface area contributed by atoms with Gasteiger partial charge in [-0.25, -0.2) is 4.39 Å². The van der Waals surface area contributed by atoms with E-state index in [4.69, 9.17) is 0 Å². The molecule has 3 fully saturated rings. The van der Waals surface area contributed by atoms with Crippen LogP contribution in [0.4, 0.5) is 10.1 Å². The second-order valence-electron chi connectivity index (χ2n) is 7.44. The molecule has 0 aliphatic carbocycles. The van der Waals surface area contributed by atoms with Gasteiger partial charge in [-0.15, -0.1) is 0 Å². The molecule has 0 saturated carbocycles. The van der Waals surface area contributed by atoms with Gasteiger partial charge in [-0.1, -0.05) is 0 Å². The molecule has 0 radical (unpaired) electrons. The predicted molar refractivity (Wildman–Crippen MR) is 90.6 cm³/mol. The molecular formula is C18H17FN4O4. The predicted octanol–water partition coefficient (Wildman–Crippen LogP) is -0.223. The Kier molecular flexibility index (Phi) is 3.39. The van der Waals surface area contributed by atoms with E-state index in [1.807, 2.05) is 4.90 Å². The highest BCUT2D eigenvalue weighted by Crippen LogP contribution is 2.36. The van der Waals surface area contributed by atoms with E-state index in [1.54, 1.807) is 0 Å². The van der Waals surface area contributed by atoms with E-state index in [0.29, 0.717) is 18.3 Å². The van der Waals surface area contributed by atoms with E-state index in [-0.39, 0.29) is 30.0 Å². The third-order valence-corrected chi connectivity index (χ3v) is 5.87. The van der Waals surface area contributed by atoms with Crippen molar-refractivity contribution >= 4 is 29.3 Å². The molecule has 1 unspecified atom stereocenters. The van der Waals surface area contributed by atoms with Crippen molar-refractivity contribution in [3.05, 3.63) is 29.1 Å². The number of hydrogen-bond acceptors (Lipinski definition) is 6. The molecule has 3 atom stereocenters. The molecule has 140 valence electrons. The summed E-state index contributed by atoms with van der Waals surface area (Å²) in [4.78, 5) is 51.8. The SMILES string of the molecule is O=C1CCC(N2C(=O)c3cc(F)c(N4C[C@@H]5C[C@H]4CN5)cc3C2=O)C(=O)N1. The van der Waals surface area contributed by atoms with Crippen molar-refractivity contribution in [1.82, 2.24) is 15.5 Å². The molecular weight excluding hydrogens is 355 g/mol. The third kappa shape index (κ3) is 2.31. The molecule has 5 rings (SSSR count). The molecule has 2 bridgehead atoms. The Labute approximate surface area is 153 Å². The maximum Gasteiger partial charge on any atom is 0.262 e. The number of hydrogen-bond donors (Lipinski definition) is 2. The van der Waals surface area contributed by atoms with Gasteiger partial charge in [0.05, 0.1) is 16.8 Å². The van der Waals surface area contributed by atoms with Gasteiger partial charge >= 0.3 is 0 Å². The van der Waals surface area contributed by atoms with Crippen LogP contribution in [-0.2, 0) is 9.59 Å². The Hall–Kier alpha value is -2.81. The van der Waals surface area contributed by atoms with Crippen molar-refractivity contribution in [3.8, 4) is 0 Å². The summed E-state index contributed by atoms with van der Waals surface area (Å²) >= 11 is 0. The number of carbonyl (C=O) groups excluding carboxylic acids is 4. The lowest BCUT2D eigenvalue weighted by molar-refractivity contribution is -0.136. The summed E-state index contributed by atoms with van der Waals surface area (Å²) in [5.74, 6) is -2.97. The van der Waals surface area contributed by atoms with Crippen molar-refractivity contribution in [1.29, 1.82) is 0 Å². The van der Waals surface area contributed by atoms with Crippen molar-refractivity contribution in [2.75, 3.05) is 18.0 Å². The minimum absolute atomic E-state index is 0.0339. The normalized spacial score (nSPS) is 29.6. The summed E-state index contributed by atoms with van der Waals surface area (Å²) in [5.41, 5.74) is 0.388. The number of imide groups is 2. The monoisotopic (exact) mass is 372 g/mol. The van der Waals surface area contributed by atoms with Gasteiger partial charge in [0, 0.05) is 31.6 Å². The maximum absolute atomic E-state index is 14.8. The topological polar surface area (TPSA) is 98.8 Å². The molecule has 0 spiro atoms. The molecule has 4 amide bonds. The van der Waals surface area contributed by atoms with Crippen molar-refractivity contribution in [2.45, 2.75) is 37.4 Å². The summed E-state index contributed by atoms with van der Waals surface area (Å²) in [7, 11) is 0. The molecule has 0 aromatic heterocycles. The fraction of sp³-hybridized carbons (Fsp3) is 0.444. The van der Waals surface area contributed by atoms with Crippen LogP contribution in [0.2, 0.25) is 0 Å². The number of anilines is 1. The summed E-state index contributed by atoms with van der Waals surface area (Å²) in [6, 6.07) is 1.95. The molecule has 4 aliphatic rings. The van der Waals surface area contributed by atoms with Crippen LogP contribution in [0.5, 0.6) is 0 Å². The second-order valence-corrected chi connectivity index (χ2v) is 7.44. The lowest BCUT2D eigenvalue weighted by Crippen LogP contribution is -2.54. The van der Waals surface area contributed by atoms with Gasteiger partial charge in [-0.2, -0.15) is 0 Å². The molecule has 27 heavy (non-hydrogen) atoms. The molecule has 8 nitrogen and oxygen atoms in total. The van der Waals surface area contributed by atoms with Crippen LogP contribution in [0.25, 0.3) is 0 Å². The lowest BCUT2D eigenvalue weighted by Gasteiger charge is -2.30. The zero-order valence-corrected chi connectivity index (χ0v) is 14.3. The van der Waals surface area contributed by atoms with Crippen LogP contribution in [-0.4, -0.2) is 59.7 Å². The summed E-state index contributed by atoms with van der Waals surface area (Å²) in [6.45, 7) is 1.41. The number of rotatable bonds is 2. The van der Waals surface area contributed by atoms with E-state index < -0.39 is 35.5 Å². The van der Waals surface area contributed by atoms with Crippen LogP contribution in [0.15, 0.2) is 12.1 Å². The first kappa shape index (κ1) is 16.4. The van der Waals surface area contributed by atoms with Crippen LogP contribution in [0, 0.1) is 5.82 Å². The lowest BCUT2D eigenvalue weighted by atomic mass is 10.0. The smallest absolute Gasteiger partial charge is 0.262 e. The number of piperidine rings is 1. The van der Waals surface area contributed by atoms with Gasteiger partial charge < -0.3 is 10.2 Å². The average Bonchev–Trinajstić information content (AvgIpc) is 3.31. The minimum atomic E-state index is -1.05. The summed E-state index contributed by atoms with van der Waals surface area (Å²) < 4.78 is 14.8. The standard InChI is InChI=1S/C18H17FN4O4/c19-12-4-10-11(5-14(12)22-7-8-3-9(22)6-20-8)18(27)23(17(10)26)13-1-2-15(24)21-16(13)25/h4-5,8-9,13,20H,1-3,6-7H2,(H,21,24,25)/t8-,9-,13?/m0/s1. The van der Waals surface area contributed by atoms with Gasteiger partial charge in [0.2, 0.25) is 11.8 Å². The third-order valence-electron chi connectivity index (χ3n) is 5.87. The fourth-order valence-electron chi connectivity index (χ4n) is 4.55. The Morgan fingerprint density at radius 1 is 1.07 bits per heavy atom. The van der Waals surface area contributed by atoms with E-state index in [9.17, 15) is 23.6 Å². The molecule has 1 aromatic carbocycles. The Balaban J connectivity index is 1.50. The average molecular weight is 372 g/mol. The molecule has 4 heterocycles. The summed E-state index contributed by atoms with van der Waals surface area (Å²) in [5, 5.41) is 5.48. The molecule has 1 aromatic rings. The molecule has 2 N–H and O–H groups in total. The number of benzene rings is 1. The Bertz CT molecular complexity index is 917. The van der Waals surface area contributed by atoms with Gasteiger partial charge in [0.15, 0.2) is 0 Å². The van der Waals surface area contributed by atoms with Gasteiger partial charge in [-0.3, -0.25) is 29.4 Å². The first-order valence-electron chi connectivity index (χ1n) is 8.99. The van der Waals surface area contributed by atoms with Crippen LogP contribution >= 0.6 is 0 Å². The fourth-order valence-corrected chi connectivity index (χ4v) is 4.55. The molecule has 3 saturated heterocycles. The van der Waals surface area contributed by atoms with E-state index in [1.165, 1.54) is 6.07 Å². The first-order chi connectivity index (χ1) is 12.9. The highest BCUT2D eigenvalue weighted by Gasteiger charge is 2.46. The van der Waals surface area contributed by atoms with Crippen LogP contribution in [0.1, 0.15) is 40.0 Å². The number of carbonyl (C=O) groups is 4. The number of halogens is 1. The maximum atomic E-state index is 14.8. The quantitative estimate of drug-likeness (QED) is 0.697. The van der Waals surface area contributed by atoms with E-state index in [2.05, 4.69) is 10.6 Å². The second kappa shape index (κ2) is 5.59. The minimum Gasteiger partial charge on any atom is -0.363 e. The first-order valence-corrected chi connectivity index (χ1v) is 8.99. The van der Waals surface area contributed by atoms with Gasteiger partial charge in [0.25, 0.3) is 11.8 Å². The van der Waals surface area contributed by atoms with Crippen molar-refractivity contribution in [3.63, 3.8) is 0 Å². The van der Waals surface area contributed by atoms with Crippen molar-refractivity contribution in [2.24, 2.45) is 0 Å². The number of fused-ring (bicyclic) bond motifs is 3.